The standard InChI is InChI=1S/C51H32N6/c1-3-11-45-39(9-1)41-27-42-40-10-2-4-12-47(40)57(50(42)28-46(41)51(45,35-7-5-23-52-29-35)36-8-6-24-53-30-36)38-19-15-34(16-20-38)33-13-17-37(18-14-33)56-48-21-25-54-31-43(48)44-32-55-26-22-49(44)56/h1-32H. The monoisotopic (exact) mass is 728 g/mol. The third-order valence-corrected chi connectivity index (χ3v) is 12.0. The molecule has 0 bridgehead atoms. The zero-order valence-corrected chi connectivity index (χ0v) is 30.7. The number of hydrogen-bond acceptors (Lipinski definition) is 4. The number of fused-ring (bicyclic) bond motifs is 9. The van der Waals surface area contributed by atoms with E-state index in [1.807, 2.05) is 61.7 Å². The molecule has 0 N–H and O–H groups in total. The van der Waals surface area contributed by atoms with Gasteiger partial charge >= 0.3 is 0 Å². The van der Waals surface area contributed by atoms with Gasteiger partial charge in [0, 0.05) is 82.5 Å². The van der Waals surface area contributed by atoms with Gasteiger partial charge in [0.15, 0.2) is 0 Å². The van der Waals surface area contributed by atoms with E-state index in [1.54, 1.807) is 0 Å². The van der Waals surface area contributed by atoms with Gasteiger partial charge in [0.05, 0.1) is 27.5 Å². The van der Waals surface area contributed by atoms with Gasteiger partial charge in [-0.25, -0.2) is 0 Å². The van der Waals surface area contributed by atoms with Crippen LogP contribution < -0.4 is 0 Å². The van der Waals surface area contributed by atoms with Crippen molar-refractivity contribution in [1.82, 2.24) is 29.1 Å². The van der Waals surface area contributed by atoms with Gasteiger partial charge in [-0.3, -0.25) is 19.9 Å². The predicted molar refractivity (Wildman–Crippen MR) is 229 cm³/mol. The molecular formula is C51H32N6. The van der Waals surface area contributed by atoms with Crippen LogP contribution in [0.15, 0.2) is 195 Å². The van der Waals surface area contributed by atoms with E-state index in [1.165, 1.54) is 38.5 Å². The zero-order chi connectivity index (χ0) is 37.5. The normalized spacial score (nSPS) is 13.1. The molecule has 6 heteroatoms. The van der Waals surface area contributed by atoms with Crippen LogP contribution in [0, 0.1) is 0 Å². The zero-order valence-electron chi connectivity index (χ0n) is 30.7. The van der Waals surface area contributed by atoms with Crippen LogP contribution in [0.25, 0.3) is 77.2 Å². The molecule has 0 radical (unpaired) electrons. The summed E-state index contributed by atoms with van der Waals surface area (Å²) in [6, 6.07) is 52.9. The van der Waals surface area contributed by atoms with Gasteiger partial charge in [0.25, 0.3) is 0 Å². The summed E-state index contributed by atoms with van der Waals surface area (Å²) < 4.78 is 4.71. The molecule has 0 unspecified atom stereocenters. The van der Waals surface area contributed by atoms with Crippen LogP contribution in [-0.4, -0.2) is 29.1 Å². The molecule has 1 aliphatic rings. The minimum atomic E-state index is -0.590. The van der Waals surface area contributed by atoms with E-state index < -0.39 is 5.41 Å². The molecule has 5 aromatic carbocycles. The third kappa shape index (κ3) is 4.46. The Labute approximate surface area is 328 Å². The maximum absolute atomic E-state index is 4.65. The number of pyridine rings is 4. The highest BCUT2D eigenvalue weighted by molar-refractivity contribution is 6.12. The van der Waals surface area contributed by atoms with Crippen LogP contribution in [0.2, 0.25) is 0 Å². The van der Waals surface area contributed by atoms with Crippen molar-refractivity contribution < 1.29 is 0 Å². The Bertz CT molecular complexity index is 3240. The van der Waals surface area contributed by atoms with Crippen molar-refractivity contribution in [3.63, 3.8) is 0 Å². The molecule has 57 heavy (non-hydrogen) atoms. The van der Waals surface area contributed by atoms with Crippen molar-refractivity contribution in [2.75, 3.05) is 0 Å². The summed E-state index contributed by atoms with van der Waals surface area (Å²) in [7, 11) is 0. The summed E-state index contributed by atoms with van der Waals surface area (Å²) in [5, 5.41) is 4.65. The van der Waals surface area contributed by atoms with Gasteiger partial charge in [-0.15, -0.1) is 0 Å². The average molecular weight is 729 g/mol. The van der Waals surface area contributed by atoms with E-state index in [9.17, 15) is 0 Å². The Kier molecular flexibility index (Phi) is 6.74. The highest BCUT2D eigenvalue weighted by Gasteiger charge is 2.47. The third-order valence-electron chi connectivity index (χ3n) is 12.0. The molecule has 6 aromatic heterocycles. The molecule has 0 aliphatic heterocycles. The summed E-state index contributed by atoms with van der Waals surface area (Å²) >= 11 is 0. The molecule has 6 heterocycles. The lowest BCUT2D eigenvalue weighted by atomic mass is 9.68. The van der Waals surface area contributed by atoms with E-state index in [0.29, 0.717) is 0 Å². The van der Waals surface area contributed by atoms with Gasteiger partial charge in [-0.1, -0.05) is 78.9 Å². The fourth-order valence-electron chi connectivity index (χ4n) is 9.57. The first-order chi connectivity index (χ1) is 28.3. The topological polar surface area (TPSA) is 61.4 Å². The fourth-order valence-corrected chi connectivity index (χ4v) is 9.57. The molecule has 0 saturated carbocycles. The molecule has 0 amide bonds. The largest absolute Gasteiger partial charge is 0.309 e. The second-order valence-corrected chi connectivity index (χ2v) is 14.8. The van der Waals surface area contributed by atoms with E-state index in [-0.39, 0.29) is 0 Å². The Morgan fingerprint density at radius 3 is 1.51 bits per heavy atom. The molecule has 6 nitrogen and oxygen atoms in total. The maximum atomic E-state index is 4.65. The van der Waals surface area contributed by atoms with Crippen LogP contribution in [0.4, 0.5) is 0 Å². The summed E-state index contributed by atoms with van der Waals surface area (Å²) in [5.41, 5.74) is 15.7. The van der Waals surface area contributed by atoms with Crippen LogP contribution >= 0.6 is 0 Å². The lowest BCUT2D eigenvalue weighted by Crippen LogP contribution is -2.29. The van der Waals surface area contributed by atoms with Crippen molar-refractivity contribution in [3.05, 3.63) is 217 Å². The number of aromatic nitrogens is 6. The van der Waals surface area contributed by atoms with Gasteiger partial charge in [-0.05, 0) is 111 Å². The first-order valence-corrected chi connectivity index (χ1v) is 19.2. The van der Waals surface area contributed by atoms with Crippen molar-refractivity contribution >= 4 is 43.6 Å². The highest BCUT2D eigenvalue weighted by atomic mass is 15.0. The van der Waals surface area contributed by atoms with Gasteiger partial charge in [0.2, 0.25) is 0 Å². The molecule has 0 saturated heterocycles. The lowest BCUT2D eigenvalue weighted by Gasteiger charge is -2.33. The second-order valence-electron chi connectivity index (χ2n) is 14.8. The lowest BCUT2D eigenvalue weighted by molar-refractivity contribution is 0.758. The van der Waals surface area contributed by atoms with E-state index >= 15 is 0 Å². The van der Waals surface area contributed by atoms with Crippen LogP contribution in [0.1, 0.15) is 22.3 Å². The van der Waals surface area contributed by atoms with Crippen LogP contribution in [0.3, 0.4) is 0 Å². The molecule has 0 spiro atoms. The Balaban J connectivity index is 1.01. The maximum Gasteiger partial charge on any atom is 0.0744 e. The number of nitrogens with zero attached hydrogens (tertiary/aromatic N) is 6. The number of rotatable bonds is 5. The van der Waals surface area contributed by atoms with Gasteiger partial charge in [0.1, 0.15) is 0 Å². The van der Waals surface area contributed by atoms with E-state index in [2.05, 4.69) is 163 Å². The first-order valence-electron chi connectivity index (χ1n) is 19.2. The van der Waals surface area contributed by atoms with Gasteiger partial charge < -0.3 is 9.13 Å². The molecular weight excluding hydrogens is 697 g/mol. The Morgan fingerprint density at radius 1 is 0.351 bits per heavy atom. The van der Waals surface area contributed by atoms with Crippen LogP contribution in [-0.2, 0) is 5.41 Å². The summed E-state index contributed by atoms with van der Waals surface area (Å²) in [5.74, 6) is 0. The SMILES string of the molecule is c1cncc(C2(c3cccnc3)c3ccccc3-c3cc4c5ccccc5n(-c5ccc(-c6ccc(-n7c8ccncc8c8cnccc87)cc6)cc5)c4cc32)c1. The summed E-state index contributed by atoms with van der Waals surface area (Å²) in [6.07, 6.45) is 15.3. The summed E-state index contributed by atoms with van der Waals surface area (Å²) in [4.78, 5) is 18.1. The van der Waals surface area contributed by atoms with Gasteiger partial charge in [-0.2, -0.15) is 0 Å². The quantitative estimate of drug-likeness (QED) is 0.177. The minimum absolute atomic E-state index is 0.590. The predicted octanol–water partition coefficient (Wildman–Crippen LogP) is 11.5. The highest BCUT2D eigenvalue weighted by Crippen LogP contribution is 2.57. The van der Waals surface area contributed by atoms with E-state index in [4.69, 9.17) is 0 Å². The first kappa shape index (κ1) is 31.6. The molecule has 12 rings (SSSR count). The second kappa shape index (κ2) is 12.2. The Morgan fingerprint density at radius 2 is 0.895 bits per heavy atom. The van der Waals surface area contributed by atoms with Crippen molar-refractivity contribution in [2.24, 2.45) is 0 Å². The Hall–Kier alpha value is -7.70. The minimum Gasteiger partial charge on any atom is -0.309 e. The number of hydrogen-bond donors (Lipinski definition) is 0. The fraction of sp³-hybridized carbons (Fsp3) is 0.0196. The smallest absolute Gasteiger partial charge is 0.0744 e. The number of benzene rings is 5. The van der Waals surface area contributed by atoms with Crippen molar-refractivity contribution in [3.8, 4) is 33.6 Å². The molecule has 11 aromatic rings. The summed E-state index contributed by atoms with van der Waals surface area (Å²) in [6.45, 7) is 0. The average Bonchev–Trinajstić information content (AvgIpc) is 3.90. The van der Waals surface area contributed by atoms with E-state index in [0.717, 1.165) is 61.0 Å². The number of para-hydroxylation sites is 1. The van der Waals surface area contributed by atoms with Crippen LogP contribution in [0.5, 0.6) is 0 Å². The molecule has 0 fully saturated rings. The molecule has 266 valence electrons. The van der Waals surface area contributed by atoms with Crippen molar-refractivity contribution in [2.45, 2.75) is 5.41 Å². The molecule has 1 aliphatic carbocycles. The molecule has 0 atom stereocenters. The van der Waals surface area contributed by atoms with Crippen molar-refractivity contribution in [1.29, 1.82) is 0 Å².